The van der Waals surface area contributed by atoms with Gasteiger partial charge in [-0.15, -0.1) is 0 Å². The third-order valence-corrected chi connectivity index (χ3v) is 4.84. The lowest BCUT2D eigenvalue weighted by Gasteiger charge is -2.31. The molecule has 0 unspecified atom stereocenters. The lowest BCUT2D eigenvalue weighted by molar-refractivity contribution is -0.121. The van der Waals surface area contributed by atoms with Crippen molar-refractivity contribution in [3.8, 4) is 5.75 Å². The van der Waals surface area contributed by atoms with Crippen molar-refractivity contribution >= 4 is 11.8 Å². The van der Waals surface area contributed by atoms with Crippen LogP contribution in [0.1, 0.15) is 22.0 Å². The van der Waals surface area contributed by atoms with Crippen molar-refractivity contribution < 1.29 is 19.1 Å². The average molecular weight is 397 g/mol. The molecule has 1 aliphatic rings. The van der Waals surface area contributed by atoms with Crippen LogP contribution < -0.4 is 15.4 Å². The molecule has 1 atom stereocenters. The first-order valence-electron chi connectivity index (χ1n) is 9.73. The van der Waals surface area contributed by atoms with Crippen LogP contribution in [0, 0.1) is 0 Å². The fourth-order valence-corrected chi connectivity index (χ4v) is 3.30. The molecule has 0 saturated carbocycles. The second kappa shape index (κ2) is 10.6. The molecule has 1 aliphatic heterocycles. The van der Waals surface area contributed by atoms with Crippen molar-refractivity contribution in [3.63, 3.8) is 0 Å². The second-order valence-electron chi connectivity index (χ2n) is 6.83. The van der Waals surface area contributed by atoms with Gasteiger partial charge in [0, 0.05) is 19.6 Å². The second-order valence-corrected chi connectivity index (χ2v) is 6.83. The summed E-state index contributed by atoms with van der Waals surface area (Å²) in [6.07, 6.45) is 0. The molecule has 154 valence electrons. The summed E-state index contributed by atoms with van der Waals surface area (Å²) in [5.74, 6) is -0.114. The van der Waals surface area contributed by atoms with E-state index < -0.39 is 0 Å². The molecule has 0 aromatic heterocycles. The molecule has 1 fully saturated rings. The van der Waals surface area contributed by atoms with Crippen LogP contribution in [-0.4, -0.2) is 63.2 Å². The minimum absolute atomic E-state index is 0.108. The normalized spacial score (nSPS) is 15.3. The molecule has 2 N–H and O–H groups in total. The Hall–Kier alpha value is -2.90. The van der Waals surface area contributed by atoms with Crippen molar-refractivity contribution in [1.82, 2.24) is 15.5 Å². The summed E-state index contributed by atoms with van der Waals surface area (Å²) >= 11 is 0. The van der Waals surface area contributed by atoms with Gasteiger partial charge in [-0.1, -0.05) is 42.5 Å². The van der Waals surface area contributed by atoms with Gasteiger partial charge in [0.2, 0.25) is 5.91 Å². The molecule has 2 aromatic carbocycles. The van der Waals surface area contributed by atoms with E-state index in [1.807, 2.05) is 30.3 Å². The third kappa shape index (κ3) is 6.04. The molecule has 3 rings (SSSR count). The SMILES string of the molecule is COc1ccccc1C(=O)NCC(=O)N[C@@H](CN1CCOCC1)c1ccccc1. The maximum atomic E-state index is 12.6. The van der Waals surface area contributed by atoms with Crippen LogP contribution in [0.25, 0.3) is 0 Å². The van der Waals surface area contributed by atoms with Crippen LogP contribution in [0.2, 0.25) is 0 Å². The Morgan fingerprint density at radius 1 is 1.07 bits per heavy atom. The van der Waals surface area contributed by atoms with Gasteiger partial charge in [0.15, 0.2) is 0 Å². The Morgan fingerprint density at radius 3 is 2.48 bits per heavy atom. The summed E-state index contributed by atoms with van der Waals surface area (Å²) in [4.78, 5) is 27.2. The van der Waals surface area contributed by atoms with E-state index in [4.69, 9.17) is 9.47 Å². The standard InChI is InChI=1S/C22H27N3O4/c1-28-20-10-6-5-9-18(20)22(27)23-15-21(26)24-19(17-7-3-2-4-8-17)16-25-11-13-29-14-12-25/h2-10,19H,11-16H2,1H3,(H,23,27)(H,24,26)/t19-/m0/s1. The van der Waals surface area contributed by atoms with Crippen LogP contribution in [0.4, 0.5) is 0 Å². The van der Waals surface area contributed by atoms with Crippen molar-refractivity contribution in [2.24, 2.45) is 0 Å². The minimum Gasteiger partial charge on any atom is -0.496 e. The minimum atomic E-state index is -0.345. The number of carbonyl (C=O) groups is 2. The fraction of sp³-hybridized carbons (Fsp3) is 0.364. The molecule has 0 radical (unpaired) electrons. The largest absolute Gasteiger partial charge is 0.496 e. The summed E-state index contributed by atoms with van der Waals surface area (Å²) in [5, 5.41) is 5.72. The van der Waals surface area contributed by atoms with Crippen LogP contribution in [-0.2, 0) is 9.53 Å². The highest BCUT2D eigenvalue weighted by Crippen LogP contribution is 2.17. The first-order chi connectivity index (χ1) is 14.2. The molecule has 29 heavy (non-hydrogen) atoms. The molecular formula is C22H27N3O4. The van der Waals surface area contributed by atoms with E-state index in [-0.39, 0.29) is 24.4 Å². The lowest BCUT2D eigenvalue weighted by atomic mass is 10.1. The summed E-state index contributed by atoms with van der Waals surface area (Å²) in [6.45, 7) is 3.66. The van der Waals surface area contributed by atoms with Crippen molar-refractivity contribution in [2.75, 3.05) is 46.5 Å². The predicted molar refractivity (Wildman–Crippen MR) is 110 cm³/mol. The Morgan fingerprint density at radius 2 is 1.76 bits per heavy atom. The monoisotopic (exact) mass is 397 g/mol. The van der Waals surface area contributed by atoms with Crippen LogP contribution in [0.15, 0.2) is 54.6 Å². The number of carbonyl (C=O) groups excluding carboxylic acids is 2. The summed E-state index contributed by atoms with van der Waals surface area (Å²) in [7, 11) is 1.51. The smallest absolute Gasteiger partial charge is 0.255 e. The molecule has 0 bridgehead atoms. The molecule has 1 heterocycles. The number of ether oxygens (including phenoxy) is 2. The molecule has 2 aromatic rings. The first kappa shape index (κ1) is 20.8. The quantitative estimate of drug-likeness (QED) is 0.708. The molecular weight excluding hydrogens is 370 g/mol. The van der Waals surface area contributed by atoms with Gasteiger partial charge in [0.25, 0.3) is 5.91 Å². The molecule has 0 aliphatic carbocycles. The van der Waals surface area contributed by atoms with E-state index in [0.29, 0.717) is 31.1 Å². The number of hydrogen-bond acceptors (Lipinski definition) is 5. The van der Waals surface area contributed by atoms with Crippen molar-refractivity contribution in [3.05, 3.63) is 65.7 Å². The van der Waals surface area contributed by atoms with Crippen LogP contribution in [0.5, 0.6) is 5.75 Å². The highest BCUT2D eigenvalue weighted by atomic mass is 16.5. The number of hydrogen-bond donors (Lipinski definition) is 2. The van der Waals surface area contributed by atoms with Crippen molar-refractivity contribution in [1.29, 1.82) is 0 Å². The van der Waals surface area contributed by atoms with E-state index in [1.54, 1.807) is 24.3 Å². The maximum absolute atomic E-state index is 12.6. The van der Waals surface area contributed by atoms with E-state index >= 15 is 0 Å². The van der Waals surface area contributed by atoms with Crippen LogP contribution in [0.3, 0.4) is 0 Å². The van der Waals surface area contributed by atoms with Crippen molar-refractivity contribution in [2.45, 2.75) is 6.04 Å². The van der Waals surface area contributed by atoms with Gasteiger partial charge in [0.05, 0.1) is 38.5 Å². The van der Waals surface area contributed by atoms with E-state index in [0.717, 1.165) is 18.7 Å². The zero-order chi connectivity index (χ0) is 20.5. The van der Waals surface area contributed by atoms with Gasteiger partial charge in [-0.05, 0) is 17.7 Å². The third-order valence-electron chi connectivity index (χ3n) is 4.84. The van der Waals surface area contributed by atoms with Crippen LogP contribution >= 0.6 is 0 Å². The lowest BCUT2D eigenvalue weighted by Crippen LogP contribution is -2.45. The summed E-state index contributed by atoms with van der Waals surface area (Å²) < 4.78 is 10.6. The number of methoxy groups -OCH3 is 1. The first-order valence-corrected chi connectivity index (χ1v) is 9.73. The average Bonchev–Trinajstić information content (AvgIpc) is 2.78. The Balaban J connectivity index is 1.59. The zero-order valence-corrected chi connectivity index (χ0v) is 16.6. The molecule has 7 nitrogen and oxygen atoms in total. The number of nitrogens with one attached hydrogen (secondary N) is 2. The fourth-order valence-electron chi connectivity index (χ4n) is 3.30. The highest BCUT2D eigenvalue weighted by molar-refractivity contribution is 5.98. The summed E-state index contributed by atoms with van der Waals surface area (Å²) in [6, 6.07) is 16.6. The number of nitrogens with zero attached hydrogens (tertiary/aromatic N) is 1. The maximum Gasteiger partial charge on any atom is 0.255 e. The molecule has 7 heteroatoms. The van der Waals surface area contributed by atoms with Gasteiger partial charge in [0.1, 0.15) is 5.75 Å². The Kier molecular flexibility index (Phi) is 7.61. The van der Waals surface area contributed by atoms with Gasteiger partial charge >= 0.3 is 0 Å². The van der Waals surface area contributed by atoms with Gasteiger partial charge in [-0.2, -0.15) is 0 Å². The van der Waals surface area contributed by atoms with Gasteiger partial charge in [-0.25, -0.2) is 0 Å². The predicted octanol–water partition coefficient (Wildman–Crippen LogP) is 1.61. The van der Waals surface area contributed by atoms with Gasteiger partial charge in [-0.3, -0.25) is 14.5 Å². The number of rotatable bonds is 8. The number of benzene rings is 2. The van der Waals surface area contributed by atoms with E-state index in [2.05, 4.69) is 15.5 Å². The summed E-state index contributed by atoms with van der Waals surface area (Å²) in [5.41, 5.74) is 1.43. The number of para-hydroxylation sites is 1. The topological polar surface area (TPSA) is 79.9 Å². The van der Waals surface area contributed by atoms with E-state index in [1.165, 1.54) is 7.11 Å². The highest BCUT2D eigenvalue weighted by Gasteiger charge is 2.20. The Bertz CT molecular complexity index is 807. The Labute approximate surface area is 171 Å². The van der Waals surface area contributed by atoms with Gasteiger partial charge < -0.3 is 20.1 Å². The number of amides is 2. The molecule has 1 saturated heterocycles. The zero-order valence-electron chi connectivity index (χ0n) is 16.6. The number of morpholine rings is 1. The van der Waals surface area contributed by atoms with E-state index in [9.17, 15) is 9.59 Å². The molecule has 2 amide bonds. The molecule has 0 spiro atoms.